The van der Waals surface area contributed by atoms with E-state index in [-0.39, 0.29) is 11.9 Å². The summed E-state index contributed by atoms with van der Waals surface area (Å²) in [5.74, 6) is 0.776. The SMILES string of the molecule is Cc1cccc(-c2n[nH]c(=S)n2CCC(=O)NC(C)c2ccc3c(c2)CCCC3)c1. The molecule has 0 saturated heterocycles. The fourth-order valence-corrected chi connectivity index (χ4v) is 4.39. The van der Waals surface area contributed by atoms with E-state index in [9.17, 15) is 4.79 Å². The zero-order valence-electron chi connectivity index (χ0n) is 17.6. The number of hydrogen-bond donors (Lipinski definition) is 2. The van der Waals surface area contributed by atoms with E-state index in [2.05, 4.69) is 39.8 Å². The first-order valence-electron chi connectivity index (χ1n) is 10.6. The highest BCUT2D eigenvalue weighted by Gasteiger charge is 2.15. The predicted molar refractivity (Wildman–Crippen MR) is 122 cm³/mol. The van der Waals surface area contributed by atoms with Gasteiger partial charge >= 0.3 is 0 Å². The average Bonchev–Trinajstić information content (AvgIpc) is 3.12. The maximum absolute atomic E-state index is 12.6. The fraction of sp³-hybridized carbons (Fsp3) is 0.375. The molecule has 4 rings (SSSR count). The molecule has 0 aliphatic heterocycles. The summed E-state index contributed by atoms with van der Waals surface area (Å²) in [4.78, 5) is 12.6. The number of aromatic nitrogens is 3. The van der Waals surface area contributed by atoms with Gasteiger partial charge in [0.15, 0.2) is 10.6 Å². The van der Waals surface area contributed by atoms with Crippen LogP contribution in [-0.4, -0.2) is 20.7 Å². The highest BCUT2D eigenvalue weighted by molar-refractivity contribution is 7.71. The summed E-state index contributed by atoms with van der Waals surface area (Å²) in [6.45, 7) is 4.58. The van der Waals surface area contributed by atoms with Crippen molar-refractivity contribution in [1.82, 2.24) is 20.1 Å². The van der Waals surface area contributed by atoms with Crippen molar-refractivity contribution in [1.29, 1.82) is 0 Å². The summed E-state index contributed by atoms with van der Waals surface area (Å²) in [7, 11) is 0. The van der Waals surface area contributed by atoms with Crippen molar-refractivity contribution < 1.29 is 4.79 Å². The summed E-state index contributed by atoms with van der Waals surface area (Å²) < 4.78 is 2.43. The van der Waals surface area contributed by atoms with E-state index in [0.29, 0.717) is 17.7 Å². The van der Waals surface area contributed by atoms with Gasteiger partial charge in [-0.1, -0.05) is 42.0 Å². The predicted octanol–water partition coefficient (Wildman–Crippen LogP) is 5.06. The minimum atomic E-state index is -0.0155. The van der Waals surface area contributed by atoms with Crippen LogP contribution in [0.25, 0.3) is 11.4 Å². The average molecular weight is 421 g/mol. The number of carbonyl (C=O) groups excluding carboxylic acids is 1. The van der Waals surface area contributed by atoms with Crippen molar-refractivity contribution in [3.63, 3.8) is 0 Å². The van der Waals surface area contributed by atoms with Crippen LogP contribution in [0.1, 0.15) is 54.5 Å². The van der Waals surface area contributed by atoms with Gasteiger partial charge in [-0.3, -0.25) is 14.5 Å². The van der Waals surface area contributed by atoms with E-state index in [1.54, 1.807) is 0 Å². The highest BCUT2D eigenvalue weighted by atomic mass is 32.1. The maximum atomic E-state index is 12.6. The second-order valence-electron chi connectivity index (χ2n) is 8.15. The lowest BCUT2D eigenvalue weighted by Crippen LogP contribution is -2.27. The van der Waals surface area contributed by atoms with Crippen molar-refractivity contribution in [2.24, 2.45) is 0 Å². The van der Waals surface area contributed by atoms with Crippen LogP contribution in [0.3, 0.4) is 0 Å². The van der Waals surface area contributed by atoms with E-state index >= 15 is 0 Å². The second-order valence-corrected chi connectivity index (χ2v) is 8.53. The van der Waals surface area contributed by atoms with E-state index in [1.807, 2.05) is 36.6 Å². The van der Waals surface area contributed by atoms with Crippen LogP contribution in [0.15, 0.2) is 42.5 Å². The Hall–Kier alpha value is -2.73. The second kappa shape index (κ2) is 8.96. The largest absolute Gasteiger partial charge is 0.350 e. The van der Waals surface area contributed by atoms with Crippen LogP contribution < -0.4 is 5.32 Å². The zero-order chi connectivity index (χ0) is 21.1. The van der Waals surface area contributed by atoms with Crippen LogP contribution >= 0.6 is 12.2 Å². The molecule has 2 aromatic carbocycles. The normalized spacial score (nSPS) is 14.2. The molecular weight excluding hydrogens is 392 g/mol. The number of aromatic amines is 1. The molecule has 0 spiro atoms. The van der Waals surface area contributed by atoms with Gasteiger partial charge in [0.05, 0.1) is 6.04 Å². The molecule has 3 aromatic rings. The van der Waals surface area contributed by atoms with Gasteiger partial charge in [-0.05, 0) is 74.5 Å². The molecule has 2 N–H and O–H groups in total. The first-order valence-corrected chi connectivity index (χ1v) is 11.1. The molecule has 1 amide bonds. The first kappa shape index (κ1) is 20.5. The van der Waals surface area contributed by atoms with E-state index in [4.69, 9.17) is 12.2 Å². The first-order chi connectivity index (χ1) is 14.5. The Morgan fingerprint density at radius 1 is 1.20 bits per heavy atom. The third-order valence-corrected chi connectivity index (χ3v) is 6.16. The lowest BCUT2D eigenvalue weighted by atomic mass is 9.89. The van der Waals surface area contributed by atoms with Crippen LogP contribution in [0.5, 0.6) is 0 Å². The molecule has 1 unspecified atom stereocenters. The third kappa shape index (κ3) is 4.54. The number of benzene rings is 2. The smallest absolute Gasteiger partial charge is 0.222 e. The Balaban J connectivity index is 1.41. The number of nitrogens with one attached hydrogen (secondary N) is 2. The molecule has 0 bridgehead atoms. The minimum Gasteiger partial charge on any atom is -0.350 e. The molecule has 1 aliphatic rings. The molecule has 1 aliphatic carbocycles. The van der Waals surface area contributed by atoms with Crippen molar-refractivity contribution in [3.05, 3.63) is 69.5 Å². The van der Waals surface area contributed by atoms with Crippen molar-refractivity contribution in [3.8, 4) is 11.4 Å². The Labute approximate surface area is 182 Å². The minimum absolute atomic E-state index is 0.0125. The molecule has 0 radical (unpaired) electrons. The summed E-state index contributed by atoms with van der Waals surface area (Å²) in [5, 5.41) is 10.4. The number of rotatable bonds is 6. The number of hydrogen-bond acceptors (Lipinski definition) is 3. The Morgan fingerprint density at radius 3 is 2.80 bits per heavy atom. The molecule has 156 valence electrons. The van der Waals surface area contributed by atoms with Gasteiger partial charge in [0.2, 0.25) is 5.91 Å². The quantitative estimate of drug-likeness (QED) is 0.548. The van der Waals surface area contributed by atoms with Gasteiger partial charge in [0.1, 0.15) is 0 Å². The molecule has 6 heteroatoms. The van der Waals surface area contributed by atoms with Gasteiger partial charge in [-0.25, -0.2) is 0 Å². The van der Waals surface area contributed by atoms with Gasteiger partial charge < -0.3 is 5.32 Å². The van der Waals surface area contributed by atoms with Crippen LogP contribution in [0, 0.1) is 11.7 Å². The Bertz CT molecular complexity index is 1110. The van der Waals surface area contributed by atoms with Crippen LogP contribution in [-0.2, 0) is 24.2 Å². The van der Waals surface area contributed by atoms with E-state index in [1.165, 1.54) is 36.0 Å². The molecule has 1 aromatic heterocycles. The summed E-state index contributed by atoms with van der Waals surface area (Å²) in [6, 6.07) is 14.7. The van der Waals surface area contributed by atoms with Crippen molar-refractivity contribution >= 4 is 18.1 Å². The molecular formula is C24H28N4OS. The van der Waals surface area contributed by atoms with E-state index < -0.39 is 0 Å². The van der Waals surface area contributed by atoms with Gasteiger partial charge in [0, 0.05) is 18.5 Å². The number of nitrogens with zero attached hydrogens (tertiary/aromatic N) is 2. The summed E-state index contributed by atoms with van der Waals surface area (Å²) in [5.41, 5.74) is 6.22. The number of H-pyrrole nitrogens is 1. The maximum Gasteiger partial charge on any atom is 0.222 e. The van der Waals surface area contributed by atoms with Crippen molar-refractivity contribution in [2.45, 2.75) is 58.5 Å². The molecule has 1 atom stereocenters. The monoisotopic (exact) mass is 420 g/mol. The molecule has 30 heavy (non-hydrogen) atoms. The van der Waals surface area contributed by atoms with E-state index in [0.717, 1.165) is 23.4 Å². The van der Waals surface area contributed by atoms with Crippen LogP contribution in [0.2, 0.25) is 0 Å². The van der Waals surface area contributed by atoms with Gasteiger partial charge in [0.25, 0.3) is 0 Å². The Morgan fingerprint density at radius 2 is 2.00 bits per heavy atom. The topological polar surface area (TPSA) is 62.7 Å². The molecule has 0 saturated carbocycles. The molecule has 1 heterocycles. The third-order valence-electron chi connectivity index (χ3n) is 5.85. The number of fused-ring (bicyclic) bond motifs is 1. The van der Waals surface area contributed by atoms with Crippen LogP contribution in [0.4, 0.5) is 0 Å². The highest BCUT2D eigenvalue weighted by Crippen LogP contribution is 2.25. The summed E-state index contributed by atoms with van der Waals surface area (Å²) in [6.07, 6.45) is 5.20. The van der Waals surface area contributed by atoms with Crippen molar-refractivity contribution in [2.75, 3.05) is 0 Å². The Kier molecular flexibility index (Phi) is 6.13. The van der Waals surface area contributed by atoms with Gasteiger partial charge in [-0.2, -0.15) is 5.10 Å². The molecule has 0 fully saturated rings. The van der Waals surface area contributed by atoms with Gasteiger partial charge in [-0.15, -0.1) is 0 Å². The number of carbonyl (C=O) groups is 1. The summed E-state index contributed by atoms with van der Waals surface area (Å²) >= 11 is 5.39. The lowest BCUT2D eigenvalue weighted by Gasteiger charge is -2.20. The lowest BCUT2D eigenvalue weighted by molar-refractivity contribution is -0.121. The molecule has 5 nitrogen and oxygen atoms in total. The number of amides is 1. The fourth-order valence-electron chi connectivity index (χ4n) is 4.16. The standard InChI is InChI=1S/C24H28N4OS/c1-16-6-5-9-21(14-16)23-26-27-24(30)28(23)13-12-22(29)25-17(2)19-11-10-18-7-3-4-8-20(18)15-19/h5-6,9-11,14-15,17H,3-4,7-8,12-13H2,1-2H3,(H,25,29)(H,27,30). The zero-order valence-corrected chi connectivity index (χ0v) is 18.4. The number of aryl methyl sites for hydroxylation is 3.